The molecule has 5 heteroatoms. The predicted molar refractivity (Wildman–Crippen MR) is 78.0 cm³/mol. The van der Waals surface area contributed by atoms with E-state index in [0.29, 0.717) is 16.9 Å². The zero-order chi connectivity index (χ0) is 14.8. The maximum absolute atomic E-state index is 12.3. The van der Waals surface area contributed by atoms with Crippen LogP contribution in [0.5, 0.6) is 0 Å². The molecule has 0 saturated carbocycles. The lowest BCUT2D eigenvalue weighted by Gasteiger charge is -2.05. The molecule has 1 aromatic carbocycles. The van der Waals surface area contributed by atoms with Gasteiger partial charge in [-0.25, -0.2) is 14.3 Å². The van der Waals surface area contributed by atoms with E-state index >= 15 is 0 Å². The second-order valence-corrected chi connectivity index (χ2v) is 4.91. The van der Waals surface area contributed by atoms with Crippen LogP contribution in [0.1, 0.15) is 27.2 Å². The van der Waals surface area contributed by atoms with E-state index in [9.17, 15) is 4.79 Å². The lowest BCUT2D eigenvalue weighted by atomic mass is 10.2. The number of hydrogen-bond donors (Lipinski definition) is 0. The van der Waals surface area contributed by atoms with Crippen molar-refractivity contribution in [1.29, 1.82) is 0 Å². The van der Waals surface area contributed by atoms with Crippen LogP contribution in [0.4, 0.5) is 0 Å². The molecule has 0 aliphatic carbocycles. The van der Waals surface area contributed by atoms with Gasteiger partial charge in [-0.15, -0.1) is 0 Å². The van der Waals surface area contributed by atoms with E-state index in [2.05, 4.69) is 10.1 Å². The summed E-state index contributed by atoms with van der Waals surface area (Å²) in [4.78, 5) is 16.5. The van der Waals surface area contributed by atoms with Crippen molar-refractivity contribution in [2.75, 3.05) is 0 Å². The van der Waals surface area contributed by atoms with Gasteiger partial charge in [-0.05, 0) is 25.5 Å². The summed E-state index contributed by atoms with van der Waals surface area (Å²) in [7, 11) is 0. The van der Waals surface area contributed by atoms with E-state index in [1.165, 1.54) is 5.56 Å². The van der Waals surface area contributed by atoms with Crippen LogP contribution in [0.25, 0.3) is 5.65 Å². The molecule has 2 aromatic heterocycles. The second-order valence-electron chi connectivity index (χ2n) is 4.91. The summed E-state index contributed by atoms with van der Waals surface area (Å²) in [6.07, 6.45) is 3.39. The van der Waals surface area contributed by atoms with Gasteiger partial charge < -0.3 is 4.74 Å². The number of fused-ring (bicyclic) bond motifs is 1. The summed E-state index contributed by atoms with van der Waals surface area (Å²) in [5.41, 5.74) is 3.68. The zero-order valence-corrected chi connectivity index (χ0v) is 11.9. The van der Waals surface area contributed by atoms with Crippen molar-refractivity contribution in [2.45, 2.75) is 20.5 Å². The van der Waals surface area contributed by atoms with Crippen LogP contribution in [0.3, 0.4) is 0 Å². The first kappa shape index (κ1) is 13.3. The van der Waals surface area contributed by atoms with Crippen LogP contribution in [-0.2, 0) is 11.3 Å². The molecule has 0 saturated heterocycles. The minimum atomic E-state index is -0.401. The number of rotatable bonds is 3. The van der Waals surface area contributed by atoms with E-state index in [-0.39, 0.29) is 6.61 Å². The fourth-order valence-electron chi connectivity index (χ4n) is 2.14. The number of esters is 1. The first-order chi connectivity index (χ1) is 10.1. The average molecular weight is 281 g/mol. The van der Waals surface area contributed by atoms with Crippen LogP contribution in [-0.4, -0.2) is 20.6 Å². The Labute approximate surface area is 122 Å². The minimum Gasteiger partial charge on any atom is -0.457 e. The largest absolute Gasteiger partial charge is 0.457 e. The fraction of sp³-hybridized carbons (Fsp3) is 0.188. The van der Waals surface area contributed by atoms with Gasteiger partial charge in [0.1, 0.15) is 12.2 Å². The SMILES string of the molecule is Cc1ccc(COC(=O)c2c(C)nn3cccnc23)cc1. The Kier molecular flexibility index (Phi) is 3.39. The van der Waals surface area contributed by atoms with Crippen molar-refractivity contribution < 1.29 is 9.53 Å². The van der Waals surface area contributed by atoms with Crippen molar-refractivity contribution in [1.82, 2.24) is 14.6 Å². The summed E-state index contributed by atoms with van der Waals surface area (Å²) in [6, 6.07) is 9.64. The first-order valence-corrected chi connectivity index (χ1v) is 6.68. The molecule has 0 amide bonds. The van der Waals surface area contributed by atoms with Gasteiger partial charge >= 0.3 is 5.97 Å². The minimum absolute atomic E-state index is 0.239. The summed E-state index contributed by atoms with van der Waals surface area (Å²) in [5.74, 6) is -0.401. The second kappa shape index (κ2) is 5.36. The number of carbonyl (C=O) groups excluding carboxylic acids is 1. The van der Waals surface area contributed by atoms with Crippen LogP contribution < -0.4 is 0 Å². The molecule has 2 heterocycles. The molecule has 0 aliphatic rings. The number of carbonyl (C=O) groups is 1. The normalized spacial score (nSPS) is 10.8. The third-order valence-electron chi connectivity index (χ3n) is 3.26. The van der Waals surface area contributed by atoms with Crippen LogP contribution in [0, 0.1) is 13.8 Å². The number of hydrogen-bond acceptors (Lipinski definition) is 4. The third-order valence-corrected chi connectivity index (χ3v) is 3.26. The van der Waals surface area contributed by atoms with E-state index in [4.69, 9.17) is 4.74 Å². The highest BCUT2D eigenvalue weighted by atomic mass is 16.5. The molecule has 106 valence electrons. The molecule has 5 nitrogen and oxygen atoms in total. The highest BCUT2D eigenvalue weighted by Gasteiger charge is 2.19. The van der Waals surface area contributed by atoms with Crippen molar-refractivity contribution in [3.05, 3.63) is 65.1 Å². The molecule has 0 atom stereocenters. The smallest absolute Gasteiger partial charge is 0.344 e. The van der Waals surface area contributed by atoms with Crippen molar-refractivity contribution >= 4 is 11.6 Å². The van der Waals surface area contributed by atoms with Gasteiger partial charge in [0.05, 0.1) is 5.69 Å². The maximum Gasteiger partial charge on any atom is 0.344 e. The van der Waals surface area contributed by atoms with Gasteiger partial charge in [0.2, 0.25) is 0 Å². The van der Waals surface area contributed by atoms with Crippen molar-refractivity contribution in [3.8, 4) is 0 Å². The summed E-state index contributed by atoms with van der Waals surface area (Å²) in [6.45, 7) is 4.03. The number of nitrogens with zero attached hydrogens (tertiary/aromatic N) is 3. The first-order valence-electron chi connectivity index (χ1n) is 6.68. The molecule has 21 heavy (non-hydrogen) atoms. The molecule has 3 aromatic rings. The molecular formula is C16H15N3O2. The van der Waals surface area contributed by atoms with Gasteiger partial charge in [0.15, 0.2) is 5.65 Å². The van der Waals surface area contributed by atoms with Gasteiger partial charge in [0, 0.05) is 12.4 Å². The number of aromatic nitrogens is 3. The maximum atomic E-state index is 12.3. The number of ether oxygens (including phenoxy) is 1. The standard InChI is InChI=1S/C16H15N3O2/c1-11-4-6-13(7-5-11)10-21-16(20)14-12(2)18-19-9-3-8-17-15(14)19/h3-9H,10H2,1-2H3. The third kappa shape index (κ3) is 2.63. The Bertz CT molecular complexity index is 791. The Hall–Kier alpha value is -2.69. The molecule has 0 N–H and O–H groups in total. The zero-order valence-electron chi connectivity index (χ0n) is 11.9. The summed E-state index contributed by atoms with van der Waals surface area (Å²) >= 11 is 0. The van der Waals surface area contributed by atoms with Crippen LogP contribution >= 0.6 is 0 Å². The molecule has 0 bridgehead atoms. The highest BCUT2D eigenvalue weighted by molar-refractivity contribution is 5.97. The average Bonchev–Trinajstić information content (AvgIpc) is 2.82. The lowest BCUT2D eigenvalue weighted by Crippen LogP contribution is -2.07. The molecule has 0 fully saturated rings. The summed E-state index contributed by atoms with van der Waals surface area (Å²) in [5, 5.41) is 4.25. The Morgan fingerprint density at radius 1 is 1.24 bits per heavy atom. The van der Waals surface area contributed by atoms with E-state index in [1.807, 2.05) is 31.2 Å². The molecule has 0 unspecified atom stereocenters. The van der Waals surface area contributed by atoms with Crippen molar-refractivity contribution in [2.24, 2.45) is 0 Å². The van der Waals surface area contributed by atoms with Gasteiger partial charge in [-0.2, -0.15) is 5.10 Å². The Morgan fingerprint density at radius 2 is 2.00 bits per heavy atom. The van der Waals surface area contributed by atoms with Gasteiger partial charge in [-0.1, -0.05) is 29.8 Å². The lowest BCUT2D eigenvalue weighted by molar-refractivity contribution is 0.0474. The van der Waals surface area contributed by atoms with E-state index in [0.717, 1.165) is 5.56 Å². The molecule has 0 radical (unpaired) electrons. The van der Waals surface area contributed by atoms with Gasteiger partial charge in [0.25, 0.3) is 0 Å². The molecule has 3 rings (SSSR count). The molecule has 0 aliphatic heterocycles. The summed E-state index contributed by atoms with van der Waals surface area (Å²) < 4.78 is 6.95. The van der Waals surface area contributed by atoms with E-state index in [1.54, 1.807) is 29.9 Å². The van der Waals surface area contributed by atoms with E-state index < -0.39 is 5.97 Å². The van der Waals surface area contributed by atoms with Crippen LogP contribution in [0.15, 0.2) is 42.7 Å². The van der Waals surface area contributed by atoms with Crippen LogP contribution in [0.2, 0.25) is 0 Å². The number of aryl methyl sites for hydroxylation is 2. The Morgan fingerprint density at radius 3 is 2.76 bits per heavy atom. The Balaban J connectivity index is 1.81. The fourth-order valence-corrected chi connectivity index (χ4v) is 2.14. The topological polar surface area (TPSA) is 56.5 Å². The highest BCUT2D eigenvalue weighted by Crippen LogP contribution is 2.15. The molecule has 0 spiro atoms. The quantitative estimate of drug-likeness (QED) is 0.693. The van der Waals surface area contributed by atoms with Crippen molar-refractivity contribution in [3.63, 3.8) is 0 Å². The molecular weight excluding hydrogens is 266 g/mol. The van der Waals surface area contributed by atoms with Gasteiger partial charge in [-0.3, -0.25) is 0 Å². The predicted octanol–water partition coefficient (Wildman–Crippen LogP) is 2.70. The number of benzene rings is 1. The monoisotopic (exact) mass is 281 g/mol.